The van der Waals surface area contributed by atoms with Crippen LogP contribution in [0.1, 0.15) is 91.2 Å². The molecule has 2 aliphatic rings. The molecule has 21 N–H and O–H groups in total. The maximum atomic E-state index is 15.1. The molecule has 0 bridgehead atoms. The van der Waals surface area contributed by atoms with Crippen molar-refractivity contribution >= 4 is 116 Å². The van der Waals surface area contributed by atoms with E-state index in [0.29, 0.717) is 31.7 Å². The molecule has 3 aromatic rings. The number of amides is 15. The normalized spacial score (nSPS) is 19.2. The smallest absolute Gasteiger partial charge is 0.415 e. The molecule has 1 saturated heterocycles. The van der Waals surface area contributed by atoms with Gasteiger partial charge < -0.3 is 115 Å². The summed E-state index contributed by atoms with van der Waals surface area (Å²) in [6.07, 6.45) is -4.92. The van der Waals surface area contributed by atoms with E-state index in [2.05, 4.69) is 63.0 Å². The van der Waals surface area contributed by atoms with Crippen LogP contribution in [0.15, 0.2) is 47.5 Å². The van der Waals surface area contributed by atoms with Crippen LogP contribution in [-0.2, 0) is 105 Å². The molecule has 109 heavy (non-hydrogen) atoms. The highest BCUT2D eigenvalue weighted by Crippen LogP contribution is 2.31. The average molecular weight is 1560 g/mol. The summed E-state index contributed by atoms with van der Waals surface area (Å²) >= 11 is 0. The fraction of sp³-hybridized carbons (Fsp3) is 0.567. The minimum atomic E-state index is -2.49. The summed E-state index contributed by atoms with van der Waals surface area (Å²) in [6.45, 7) is 7.78. The molecular formula is C67H100N18O23S. The van der Waals surface area contributed by atoms with Crippen LogP contribution in [0.3, 0.4) is 0 Å². The van der Waals surface area contributed by atoms with Gasteiger partial charge in [0.15, 0.2) is 0 Å². The molecule has 0 spiro atoms. The molecule has 5 rings (SSSR count). The van der Waals surface area contributed by atoms with Crippen molar-refractivity contribution in [3.63, 3.8) is 0 Å². The molecule has 3 heterocycles. The van der Waals surface area contributed by atoms with Crippen molar-refractivity contribution in [3.8, 4) is 5.75 Å². The van der Waals surface area contributed by atoms with Gasteiger partial charge in [0.2, 0.25) is 76.8 Å². The van der Waals surface area contributed by atoms with Crippen molar-refractivity contribution < 1.29 is 110 Å². The first-order valence-corrected chi connectivity index (χ1v) is 36.3. The number of rotatable bonds is 36. The third kappa shape index (κ3) is 28.9. The maximum absolute atomic E-state index is 15.1. The molecule has 0 aliphatic carbocycles. The minimum Gasteiger partial charge on any atom is -0.445 e. The monoisotopic (exact) mass is 1560 g/mol. The fourth-order valence-electron chi connectivity index (χ4n) is 11.2. The molecule has 41 nitrogen and oxygen atoms in total. The molecule has 11 atom stereocenters. The lowest BCUT2D eigenvalue weighted by Crippen LogP contribution is -2.58. The van der Waals surface area contributed by atoms with E-state index >= 15 is 4.21 Å². The fourth-order valence-corrected chi connectivity index (χ4v) is 12.6. The largest absolute Gasteiger partial charge is 0.445 e. The number of ether oxygens (including phenoxy) is 4. The molecular weight excluding hydrogens is 1460 g/mol. The first kappa shape index (κ1) is 89.1. The van der Waals surface area contributed by atoms with Crippen LogP contribution in [0.25, 0.3) is 10.9 Å². The summed E-state index contributed by atoms with van der Waals surface area (Å²) in [6, 6.07) is -1.57. The van der Waals surface area contributed by atoms with Gasteiger partial charge >= 0.3 is 12.2 Å². The SMILES string of the molecule is CC[C@H](C)[C@@H]1NC(=O)CNC(=O)[C@H](NCOO)Cc2c([nH]c3cc(OC(=O)N(CCN(C)C(=O)OCc4ccc(NC(=O)[C@H](CC(N)=O)NC(=O)[C@H](C)NC(=O)[C@H](C)NC(=O)CCOCCOCCN)cc4)C(C)C)ccc23)S(=O)C[C@@H](C(=O)N[C@@H](CC(N)=O)C(=O)N2C[C@H](O)C[C@H]2CC(N)=O)NC(=O)CNC1=O. The number of aromatic nitrogens is 1. The zero-order valence-corrected chi connectivity index (χ0v) is 62.4. The van der Waals surface area contributed by atoms with Gasteiger partial charge in [-0.15, -0.1) is 0 Å². The van der Waals surface area contributed by atoms with E-state index in [0.717, 1.165) is 4.90 Å². The molecule has 0 saturated carbocycles. The third-order valence-corrected chi connectivity index (χ3v) is 18.7. The van der Waals surface area contributed by atoms with Gasteiger partial charge in [0, 0.05) is 81.7 Å². The van der Waals surface area contributed by atoms with Crippen LogP contribution in [-0.4, -0.2) is 269 Å². The predicted molar refractivity (Wildman–Crippen MR) is 386 cm³/mol. The zero-order chi connectivity index (χ0) is 80.8. The number of H-pyrrole nitrogens is 1. The number of nitrogens with zero attached hydrogens (tertiary/aromatic N) is 3. The third-order valence-electron chi connectivity index (χ3n) is 17.2. The number of anilines is 1. The van der Waals surface area contributed by atoms with Crippen molar-refractivity contribution in [2.24, 2.45) is 28.9 Å². The first-order valence-electron chi connectivity index (χ1n) is 35.0. The number of carbonyl (C=O) groups excluding carboxylic acids is 15. The molecule has 1 unspecified atom stereocenters. The predicted octanol–water partition coefficient (Wildman–Crippen LogP) is -5.15. The van der Waals surface area contributed by atoms with Crippen molar-refractivity contribution in [1.82, 2.24) is 67.5 Å². The van der Waals surface area contributed by atoms with Gasteiger partial charge in [0.25, 0.3) is 0 Å². The lowest BCUT2D eigenvalue weighted by Gasteiger charge is -2.29. The quantitative estimate of drug-likeness (QED) is 0.0112. The van der Waals surface area contributed by atoms with Crippen molar-refractivity contribution in [2.75, 3.05) is 90.5 Å². The Hall–Kier alpha value is -10.5. The van der Waals surface area contributed by atoms with E-state index in [1.807, 2.05) is 0 Å². The topological polar surface area (TPSA) is 610 Å². The van der Waals surface area contributed by atoms with Gasteiger partial charge in [-0.25, -0.2) is 14.5 Å². The van der Waals surface area contributed by atoms with Crippen LogP contribution in [0.5, 0.6) is 5.75 Å². The Kier molecular flexibility index (Phi) is 36.1. The van der Waals surface area contributed by atoms with E-state index < -0.39 is 217 Å². The summed E-state index contributed by atoms with van der Waals surface area (Å²) in [5.41, 5.74) is 22.6. The van der Waals surface area contributed by atoms with E-state index in [-0.39, 0.29) is 85.2 Å². The number of nitrogens with two attached hydrogens (primary N) is 4. The number of likely N-dealkylation sites (N-methyl/N-ethyl adjacent to an activating group) is 1. The van der Waals surface area contributed by atoms with E-state index in [1.54, 1.807) is 27.7 Å². The van der Waals surface area contributed by atoms with Gasteiger partial charge in [-0.2, -0.15) is 0 Å². The Morgan fingerprint density at radius 3 is 2.01 bits per heavy atom. The van der Waals surface area contributed by atoms with Crippen molar-refractivity contribution in [3.05, 3.63) is 53.6 Å². The van der Waals surface area contributed by atoms with Crippen LogP contribution < -0.4 is 80.8 Å². The van der Waals surface area contributed by atoms with E-state index in [4.69, 9.17) is 41.9 Å². The molecule has 1 fully saturated rings. The Labute approximate surface area is 629 Å². The second-order valence-corrected chi connectivity index (χ2v) is 27.6. The molecule has 602 valence electrons. The first-order chi connectivity index (χ1) is 51.6. The molecule has 15 amide bonds. The number of fused-ring (bicyclic) bond motifs is 3. The summed E-state index contributed by atoms with van der Waals surface area (Å²) in [4.78, 5) is 210. The molecule has 0 radical (unpaired) electrons. The van der Waals surface area contributed by atoms with Gasteiger partial charge in [0.1, 0.15) is 60.4 Å². The number of nitrogens with one attached hydrogen (secondary N) is 11. The van der Waals surface area contributed by atoms with Gasteiger partial charge in [-0.05, 0) is 75.4 Å². The number of aliphatic hydroxyl groups is 1. The number of primary amides is 3. The number of hydrogen-bond donors (Lipinski definition) is 17. The molecule has 2 aliphatic heterocycles. The Bertz CT molecular complexity index is 3750. The Balaban J connectivity index is 1.30. The second kappa shape index (κ2) is 44.1. The summed E-state index contributed by atoms with van der Waals surface area (Å²) in [5.74, 6) is -13.0. The number of aliphatic hydroxyl groups excluding tert-OH is 1. The van der Waals surface area contributed by atoms with Crippen molar-refractivity contribution in [2.45, 2.75) is 159 Å². The van der Waals surface area contributed by atoms with Gasteiger partial charge in [-0.3, -0.25) is 77.1 Å². The highest BCUT2D eigenvalue weighted by molar-refractivity contribution is 7.85. The average Bonchev–Trinajstić information content (AvgIpc) is 1.63. The van der Waals surface area contributed by atoms with Gasteiger partial charge in [-0.1, -0.05) is 32.4 Å². The lowest BCUT2D eigenvalue weighted by atomic mass is 9.98. The molecule has 2 aromatic carbocycles. The molecule has 1 aromatic heterocycles. The van der Waals surface area contributed by atoms with Crippen molar-refractivity contribution in [1.29, 1.82) is 0 Å². The van der Waals surface area contributed by atoms with E-state index in [9.17, 15) is 82.3 Å². The summed E-state index contributed by atoms with van der Waals surface area (Å²) < 4.78 is 37.0. The highest BCUT2D eigenvalue weighted by Gasteiger charge is 2.41. The number of carbonyl (C=O) groups is 15. The highest BCUT2D eigenvalue weighted by atomic mass is 32.2. The number of β-amino-alcohol motifs (C(OH)–C–C–N with tert-alkyl or cyclic N) is 1. The number of hydrogen-bond acceptors (Lipinski definition) is 25. The number of likely N-dealkylation sites (tertiary alicyclic amines) is 1. The number of aromatic amines is 1. The standard InChI is InChI=1S/C67H100N18O23S/c1-8-36(4)57-63(98)73-29-55(91)78-50(62(97)80-49(28-53(71)89)65(99)85-31-42(86)23-41(85)24-51(69)87)33-109(103)64-45(26-47(74-34-107-102)60(95)72-30-56(92)82-57)44-14-13-43(25-46(44)81-64)108-67(101)84(35(2)3)18-17-83(7)66(100)106-32-39-9-11-40(12-10-39)77-61(96)48(27-52(70)88)79-59(94)38(6)76-58(93)37(5)75-54(90)15-19-104-21-22-105-20-16-68/h9-14,25,35-38,41-42,47-50,57,74,81,86,102H,8,15-24,26-34,68H2,1-7H3,(H2,69,87)(H2,70,88)(H2,71,89)(H,72,95)(H,73,98)(H,75,90)(H,76,93)(H,77,96)(H,78,91)(H,79,94)(H,80,97)(H,82,92)/t36-,37-,38-,41-,42+,47+,48-,49-,50-,57-,109?/m0/s1. The Morgan fingerprint density at radius 1 is 0.743 bits per heavy atom. The number of benzene rings is 2. The van der Waals surface area contributed by atoms with Crippen LogP contribution in [0, 0.1) is 5.92 Å². The second-order valence-electron chi connectivity index (χ2n) is 26.1. The minimum absolute atomic E-state index is 0.0563. The maximum Gasteiger partial charge on any atom is 0.415 e. The van der Waals surface area contributed by atoms with Crippen LogP contribution in [0.4, 0.5) is 15.3 Å². The Morgan fingerprint density at radius 2 is 1.38 bits per heavy atom. The van der Waals surface area contributed by atoms with Crippen LogP contribution in [0.2, 0.25) is 0 Å². The lowest BCUT2D eigenvalue weighted by molar-refractivity contribution is -0.248. The zero-order valence-electron chi connectivity index (χ0n) is 61.6. The van der Waals surface area contributed by atoms with E-state index in [1.165, 1.54) is 73.2 Å². The summed E-state index contributed by atoms with van der Waals surface area (Å²) in [7, 11) is -1.07. The van der Waals surface area contributed by atoms with Gasteiger partial charge in [0.05, 0.1) is 86.6 Å². The summed E-state index contributed by atoms with van der Waals surface area (Å²) in [5, 5.41) is 44.8. The van der Waals surface area contributed by atoms with Crippen LogP contribution >= 0.6 is 0 Å². The molecule has 42 heteroatoms.